The van der Waals surface area contributed by atoms with Gasteiger partial charge in [-0.3, -0.25) is 4.90 Å². The molecule has 9 heteroatoms. The number of nitrogens with one attached hydrogen (secondary N) is 1. The first kappa shape index (κ1) is 24.3. The van der Waals surface area contributed by atoms with Crippen LogP contribution in [0.15, 0.2) is 35.2 Å². The highest BCUT2D eigenvalue weighted by Gasteiger charge is 2.24. The van der Waals surface area contributed by atoms with Crippen LogP contribution >= 0.6 is 0 Å². The van der Waals surface area contributed by atoms with Crippen molar-refractivity contribution in [3.63, 3.8) is 0 Å². The van der Waals surface area contributed by atoms with Crippen LogP contribution in [0.3, 0.4) is 0 Å². The van der Waals surface area contributed by atoms with Crippen LogP contribution in [0.5, 0.6) is 0 Å². The van der Waals surface area contributed by atoms with Gasteiger partial charge in [0.1, 0.15) is 11.0 Å². The molecular weight excluding hydrogens is 434 g/mol. The van der Waals surface area contributed by atoms with Crippen molar-refractivity contribution in [1.29, 1.82) is 0 Å². The Morgan fingerprint density at radius 3 is 2.12 bits per heavy atom. The monoisotopic (exact) mass is 464 g/mol. The van der Waals surface area contributed by atoms with Crippen molar-refractivity contribution in [1.82, 2.24) is 4.90 Å². The van der Waals surface area contributed by atoms with Crippen molar-refractivity contribution >= 4 is 22.7 Å². The Hall–Kier alpha value is -2.36. The highest BCUT2D eigenvalue weighted by Crippen LogP contribution is 2.38. The van der Waals surface area contributed by atoms with E-state index in [-0.39, 0.29) is 6.54 Å². The number of hydrogen-bond donors (Lipinski definition) is 3. The van der Waals surface area contributed by atoms with Crippen LogP contribution in [0.2, 0.25) is 0 Å². The predicted octanol–water partition coefficient (Wildman–Crippen LogP) is 3.52. The summed E-state index contributed by atoms with van der Waals surface area (Å²) in [6.07, 6.45) is 4.53. The normalized spacial score (nSPS) is 15.2. The number of benzene rings is 2. The van der Waals surface area contributed by atoms with Crippen molar-refractivity contribution in [2.75, 3.05) is 18.9 Å². The van der Waals surface area contributed by atoms with Crippen LogP contribution in [0.25, 0.3) is 0 Å². The van der Waals surface area contributed by atoms with Gasteiger partial charge in [0.25, 0.3) is 6.43 Å². The molecule has 1 unspecified atom stereocenters. The molecule has 0 fully saturated rings. The molecule has 0 bridgehead atoms. The Labute approximate surface area is 189 Å². The van der Waals surface area contributed by atoms with E-state index in [9.17, 15) is 17.8 Å². The predicted molar refractivity (Wildman–Crippen MR) is 123 cm³/mol. The quantitative estimate of drug-likeness (QED) is 0.610. The number of nitrogens with zero attached hydrogens (tertiary/aromatic N) is 1. The van der Waals surface area contributed by atoms with E-state index in [2.05, 4.69) is 11.4 Å². The molecule has 0 radical (unpaired) electrons. The van der Waals surface area contributed by atoms with E-state index in [4.69, 9.17) is 10.9 Å². The number of aryl methyl sites for hydroxylation is 2. The third kappa shape index (κ3) is 6.34. The molecule has 0 heterocycles. The van der Waals surface area contributed by atoms with Gasteiger partial charge in [-0.05, 0) is 85.5 Å². The maximum atomic E-state index is 12.1. The van der Waals surface area contributed by atoms with Crippen LogP contribution in [0, 0.1) is 0 Å². The van der Waals surface area contributed by atoms with Gasteiger partial charge in [0.2, 0.25) is 0 Å². The highest BCUT2D eigenvalue weighted by molar-refractivity contribution is 7.82. The molecular formula is C23H30F2N4O2S. The SMILES string of the molecule is CN(Cc1ccc(S(N)=O)cc1)CC(F)F.NC(=O)Nc1c2c(cc3c1CCC3)CCC2. The second kappa shape index (κ2) is 11.0. The first-order valence-electron chi connectivity index (χ1n) is 10.7. The summed E-state index contributed by atoms with van der Waals surface area (Å²) in [5, 5.41) is 8.04. The molecule has 0 saturated heterocycles. The van der Waals surface area contributed by atoms with Crippen LogP contribution in [-0.4, -0.2) is 35.2 Å². The van der Waals surface area contributed by atoms with Gasteiger partial charge < -0.3 is 11.1 Å². The molecule has 174 valence electrons. The lowest BCUT2D eigenvalue weighted by atomic mass is 9.99. The van der Waals surface area contributed by atoms with Crippen molar-refractivity contribution in [2.45, 2.75) is 56.4 Å². The van der Waals surface area contributed by atoms with Crippen molar-refractivity contribution < 1.29 is 17.8 Å². The number of primary amides is 1. The van der Waals surface area contributed by atoms with E-state index in [0.717, 1.165) is 36.9 Å². The number of hydrogen-bond acceptors (Lipinski definition) is 3. The van der Waals surface area contributed by atoms with Crippen molar-refractivity contribution in [2.24, 2.45) is 10.9 Å². The minimum atomic E-state index is -2.33. The molecule has 4 rings (SSSR count). The Morgan fingerprint density at radius 1 is 1.09 bits per heavy atom. The van der Waals surface area contributed by atoms with Gasteiger partial charge in [-0.25, -0.2) is 22.9 Å². The first-order chi connectivity index (χ1) is 15.2. The maximum Gasteiger partial charge on any atom is 0.316 e. The summed E-state index contributed by atoms with van der Waals surface area (Å²) < 4.78 is 35.0. The molecule has 0 aliphatic heterocycles. The van der Waals surface area contributed by atoms with Crippen LogP contribution in [0.1, 0.15) is 40.7 Å². The molecule has 2 aliphatic carbocycles. The molecule has 2 amide bonds. The Bertz CT molecular complexity index is 951. The number of halogens is 2. The van der Waals surface area contributed by atoms with Crippen molar-refractivity contribution in [3.8, 4) is 0 Å². The van der Waals surface area contributed by atoms with Gasteiger partial charge >= 0.3 is 6.03 Å². The van der Waals surface area contributed by atoms with E-state index in [0.29, 0.717) is 11.4 Å². The summed E-state index contributed by atoms with van der Waals surface area (Å²) in [4.78, 5) is 13.1. The summed E-state index contributed by atoms with van der Waals surface area (Å²) in [6.45, 7) is 0.173. The molecule has 0 spiro atoms. The first-order valence-corrected chi connectivity index (χ1v) is 11.9. The smallest absolute Gasteiger partial charge is 0.316 e. The number of anilines is 1. The number of fused-ring (bicyclic) bond motifs is 2. The van der Waals surface area contributed by atoms with Gasteiger partial charge in [-0.15, -0.1) is 0 Å². The zero-order valence-corrected chi connectivity index (χ0v) is 19.0. The second-order valence-corrected chi connectivity index (χ2v) is 9.32. The fourth-order valence-corrected chi connectivity index (χ4v) is 4.84. The van der Waals surface area contributed by atoms with Gasteiger partial charge in [0.15, 0.2) is 0 Å². The summed E-state index contributed by atoms with van der Waals surface area (Å²) >= 11 is 0. The van der Waals surface area contributed by atoms with E-state index in [1.807, 2.05) is 0 Å². The standard InChI is InChI=1S/C13H16N2O.C10H14F2N2OS/c14-13(16)15-12-10-5-1-3-8(10)7-9-4-2-6-11(9)12;1-14(7-10(11)12)6-8-2-4-9(5-3-8)16(13)15/h7H,1-6H2,(H3,14,15,16);2-5,10H,6-7,13H2,1H3. The Balaban J connectivity index is 0.000000181. The highest BCUT2D eigenvalue weighted by atomic mass is 32.2. The fourth-order valence-electron chi connectivity index (χ4n) is 4.43. The zero-order valence-electron chi connectivity index (χ0n) is 18.2. The van der Waals surface area contributed by atoms with E-state index in [1.165, 1.54) is 40.0 Å². The van der Waals surface area contributed by atoms with Gasteiger partial charge in [-0.2, -0.15) is 0 Å². The van der Waals surface area contributed by atoms with Crippen LogP contribution in [-0.2, 0) is 43.2 Å². The minimum Gasteiger partial charge on any atom is -0.351 e. The number of nitrogens with two attached hydrogens (primary N) is 2. The maximum absolute atomic E-state index is 12.1. The van der Waals surface area contributed by atoms with E-state index < -0.39 is 23.4 Å². The third-order valence-electron chi connectivity index (χ3n) is 5.78. The number of carbonyl (C=O) groups excluding carboxylic acids is 1. The molecule has 2 aromatic rings. The lowest BCUT2D eigenvalue weighted by Crippen LogP contribution is -2.24. The van der Waals surface area contributed by atoms with E-state index in [1.54, 1.807) is 31.3 Å². The summed E-state index contributed by atoms with van der Waals surface area (Å²) in [5.74, 6) is 0. The summed E-state index contributed by atoms with van der Waals surface area (Å²) in [5.41, 5.74) is 12.7. The molecule has 32 heavy (non-hydrogen) atoms. The van der Waals surface area contributed by atoms with Crippen LogP contribution < -0.4 is 16.2 Å². The third-order valence-corrected chi connectivity index (χ3v) is 6.52. The molecule has 2 aromatic carbocycles. The second-order valence-electron chi connectivity index (χ2n) is 8.25. The van der Waals surface area contributed by atoms with E-state index >= 15 is 0 Å². The summed E-state index contributed by atoms with van der Waals surface area (Å²) in [6, 6.07) is 8.67. The summed E-state index contributed by atoms with van der Waals surface area (Å²) in [7, 11) is 0.134. The molecule has 2 aliphatic rings. The average molecular weight is 465 g/mol. The lowest BCUT2D eigenvalue weighted by Gasteiger charge is -2.15. The van der Waals surface area contributed by atoms with Gasteiger partial charge in [0.05, 0.1) is 11.4 Å². The number of alkyl halides is 2. The number of amides is 2. The molecule has 1 atom stereocenters. The van der Waals surface area contributed by atoms with Gasteiger partial charge in [0, 0.05) is 12.2 Å². The zero-order chi connectivity index (χ0) is 23.3. The molecule has 5 N–H and O–H groups in total. The Kier molecular flexibility index (Phi) is 8.33. The topological polar surface area (TPSA) is 101 Å². The average Bonchev–Trinajstić information content (AvgIpc) is 3.37. The number of rotatable bonds is 6. The molecule has 6 nitrogen and oxygen atoms in total. The van der Waals surface area contributed by atoms with Gasteiger partial charge in [-0.1, -0.05) is 18.2 Å². The Morgan fingerprint density at radius 2 is 1.66 bits per heavy atom. The molecule has 0 saturated carbocycles. The largest absolute Gasteiger partial charge is 0.351 e. The van der Waals surface area contributed by atoms with Crippen LogP contribution in [0.4, 0.5) is 19.3 Å². The number of carbonyl (C=O) groups is 1. The minimum absolute atomic E-state index is 0.259. The fraction of sp³-hybridized carbons (Fsp3) is 0.435. The number of urea groups is 1. The molecule has 0 aromatic heterocycles. The van der Waals surface area contributed by atoms with Crippen molar-refractivity contribution in [3.05, 3.63) is 58.1 Å². The lowest BCUT2D eigenvalue weighted by molar-refractivity contribution is 0.0975.